The Morgan fingerprint density at radius 3 is 2.80 bits per heavy atom. The van der Waals surface area contributed by atoms with Crippen LogP contribution in [-0.4, -0.2) is 19.9 Å². The van der Waals surface area contributed by atoms with Crippen LogP contribution in [0, 0.1) is 0 Å². The van der Waals surface area contributed by atoms with Crippen molar-refractivity contribution in [2.45, 2.75) is 23.0 Å². The summed E-state index contributed by atoms with van der Waals surface area (Å²) in [5.41, 5.74) is 7.86. The quantitative estimate of drug-likeness (QED) is 0.463. The Kier molecular flexibility index (Phi) is 4.63. The Balaban J connectivity index is 1.84. The molecular formula is C19H17BrN4S. The minimum Gasteiger partial charge on any atom is -0.382 e. The van der Waals surface area contributed by atoms with Gasteiger partial charge in [0.05, 0.1) is 5.52 Å². The average Bonchev–Trinajstić information content (AvgIpc) is 2.99. The highest BCUT2D eigenvalue weighted by molar-refractivity contribution is 9.09. The van der Waals surface area contributed by atoms with Gasteiger partial charge in [-0.1, -0.05) is 64.1 Å². The maximum Gasteiger partial charge on any atom is 0.174 e. The number of hydrogen-bond acceptors (Lipinski definition) is 4. The number of nitrogens with two attached hydrogens (primary N) is 1. The molecular weight excluding hydrogens is 396 g/mol. The van der Waals surface area contributed by atoms with Crippen LogP contribution < -0.4 is 5.73 Å². The summed E-state index contributed by atoms with van der Waals surface area (Å²) in [6.45, 7) is 0.887. The van der Waals surface area contributed by atoms with Gasteiger partial charge in [0.2, 0.25) is 0 Å². The predicted octanol–water partition coefficient (Wildman–Crippen LogP) is 5.10. The molecule has 0 saturated heterocycles. The molecule has 0 fully saturated rings. The van der Waals surface area contributed by atoms with Gasteiger partial charge >= 0.3 is 0 Å². The number of nitrogen functional groups attached to an aromatic ring is 1. The topological polar surface area (TPSA) is 56.7 Å². The molecule has 0 unspecified atom stereocenters. The van der Waals surface area contributed by atoms with Crippen molar-refractivity contribution in [1.29, 1.82) is 0 Å². The molecule has 4 aromatic rings. The first-order chi connectivity index (χ1) is 12.3. The highest BCUT2D eigenvalue weighted by Crippen LogP contribution is 2.35. The number of halogens is 1. The predicted molar refractivity (Wildman–Crippen MR) is 108 cm³/mol. The smallest absolute Gasteiger partial charge is 0.174 e. The largest absolute Gasteiger partial charge is 0.382 e. The molecule has 25 heavy (non-hydrogen) atoms. The number of pyridine rings is 1. The summed E-state index contributed by atoms with van der Waals surface area (Å²) in [5, 5.41) is 4.37. The molecule has 2 aromatic heterocycles. The van der Waals surface area contributed by atoms with Crippen molar-refractivity contribution in [3.63, 3.8) is 0 Å². The summed E-state index contributed by atoms with van der Waals surface area (Å²) in [5.74, 6) is 0.481. The van der Waals surface area contributed by atoms with Crippen molar-refractivity contribution in [1.82, 2.24) is 14.5 Å². The van der Waals surface area contributed by atoms with E-state index in [2.05, 4.69) is 67.9 Å². The number of rotatable bonds is 5. The van der Waals surface area contributed by atoms with Gasteiger partial charge in [-0.25, -0.2) is 9.97 Å². The van der Waals surface area contributed by atoms with Crippen LogP contribution in [0.1, 0.15) is 6.42 Å². The van der Waals surface area contributed by atoms with E-state index >= 15 is 0 Å². The fourth-order valence-corrected chi connectivity index (χ4v) is 4.27. The second kappa shape index (κ2) is 7.06. The van der Waals surface area contributed by atoms with E-state index in [1.807, 2.05) is 6.07 Å². The zero-order valence-corrected chi connectivity index (χ0v) is 15.9. The number of nitrogens with zero attached hydrogens (tertiary/aromatic N) is 3. The van der Waals surface area contributed by atoms with Crippen LogP contribution in [0.2, 0.25) is 0 Å². The molecule has 2 N–H and O–H groups in total. The van der Waals surface area contributed by atoms with E-state index in [9.17, 15) is 0 Å². The lowest BCUT2D eigenvalue weighted by Gasteiger charge is -2.09. The summed E-state index contributed by atoms with van der Waals surface area (Å²) in [4.78, 5) is 10.2. The monoisotopic (exact) mass is 412 g/mol. The Morgan fingerprint density at radius 1 is 1.08 bits per heavy atom. The molecule has 4 rings (SSSR count). The summed E-state index contributed by atoms with van der Waals surface area (Å²) >= 11 is 5.20. The molecule has 0 aliphatic rings. The van der Waals surface area contributed by atoms with E-state index in [-0.39, 0.29) is 0 Å². The second-order valence-corrected chi connectivity index (χ2v) is 7.53. The third-order valence-corrected chi connectivity index (χ3v) is 5.76. The van der Waals surface area contributed by atoms with Crippen LogP contribution >= 0.6 is 27.7 Å². The van der Waals surface area contributed by atoms with Gasteiger partial charge < -0.3 is 10.3 Å². The zero-order chi connectivity index (χ0) is 17.2. The number of imidazole rings is 1. The van der Waals surface area contributed by atoms with Crippen LogP contribution in [0.15, 0.2) is 64.8 Å². The molecule has 6 heteroatoms. The van der Waals surface area contributed by atoms with Crippen molar-refractivity contribution in [2.24, 2.45) is 0 Å². The number of hydrogen-bond donors (Lipinski definition) is 1. The molecule has 0 aliphatic carbocycles. The van der Waals surface area contributed by atoms with E-state index in [4.69, 9.17) is 10.7 Å². The minimum atomic E-state index is 0.481. The van der Waals surface area contributed by atoms with E-state index < -0.39 is 0 Å². The van der Waals surface area contributed by atoms with Crippen molar-refractivity contribution in [3.8, 4) is 0 Å². The summed E-state index contributed by atoms with van der Waals surface area (Å²) in [7, 11) is 0. The van der Waals surface area contributed by atoms with Crippen LogP contribution in [0.4, 0.5) is 5.82 Å². The highest BCUT2D eigenvalue weighted by atomic mass is 79.9. The van der Waals surface area contributed by atoms with Gasteiger partial charge in [0.1, 0.15) is 5.52 Å². The van der Waals surface area contributed by atoms with Gasteiger partial charge in [-0.3, -0.25) is 0 Å². The maximum atomic E-state index is 6.05. The molecule has 0 spiro atoms. The summed E-state index contributed by atoms with van der Waals surface area (Å²) in [6.07, 6.45) is 2.77. The lowest BCUT2D eigenvalue weighted by Crippen LogP contribution is -2.00. The van der Waals surface area contributed by atoms with Crippen LogP contribution in [0.3, 0.4) is 0 Å². The molecule has 0 atom stereocenters. The van der Waals surface area contributed by atoms with E-state index in [0.717, 1.165) is 34.5 Å². The maximum absolute atomic E-state index is 6.05. The van der Waals surface area contributed by atoms with Crippen molar-refractivity contribution < 1.29 is 0 Å². The van der Waals surface area contributed by atoms with Crippen LogP contribution in [0.5, 0.6) is 0 Å². The molecule has 0 saturated carbocycles. The standard InChI is InChI=1S/C19H17BrN4S/c20-10-4-12-24-15-9-11-22-18(21)17(15)23-19(24)25-16-8-3-6-13-5-1-2-7-14(13)16/h1-3,5-9,11H,4,10,12H2,(H2,21,22). The number of aromatic nitrogens is 3. The number of alkyl halides is 1. The van der Waals surface area contributed by atoms with Gasteiger partial charge in [0.15, 0.2) is 11.0 Å². The minimum absolute atomic E-state index is 0.481. The molecule has 2 aromatic carbocycles. The lowest BCUT2D eigenvalue weighted by atomic mass is 10.1. The number of benzene rings is 2. The van der Waals surface area contributed by atoms with Crippen molar-refractivity contribution in [2.75, 3.05) is 11.1 Å². The van der Waals surface area contributed by atoms with Gasteiger partial charge in [-0.05, 0) is 29.3 Å². The Labute approximate surface area is 158 Å². The van der Waals surface area contributed by atoms with Gasteiger partial charge in [0, 0.05) is 23.0 Å². The van der Waals surface area contributed by atoms with Crippen molar-refractivity contribution in [3.05, 3.63) is 54.7 Å². The third kappa shape index (κ3) is 3.12. The average molecular weight is 413 g/mol. The first-order valence-electron chi connectivity index (χ1n) is 8.10. The molecule has 2 heterocycles. The fourth-order valence-electron chi connectivity index (χ4n) is 2.95. The molecule has 0 radical (unpaired) electrons. The molecule has 0 amide bonds. The Hall–Kier alpha value is -2.05. The van der Waals surface area contributed by atoms with Gasteiger partial charge in [-0.15, -0.1) is 0 Å². The highest BCUT2D eigenvalue weighted by Gasteiger charge is 2.15. The van der Waals surface area contributed by atoms with Crippen molar-refractivity contribution >= 4 is 55.3 Å². The molecule has 0 bridgehead atoms. The molecule has 4 nitrogen and oxygen atoms in total. The SMILES string of the molecule is Nc1nccc2c1nc(Sc1cccc3ccccc13)n2CCCBr. The number of fused-ring (bicyclic) bond motifs is 2. The first kappa shape index (κ1) is 16.4. The summed E-state index contributed by atoms with van der Waals surface area (Å²) < 4.78 is 2.24. The molecule has 0 aliphatic heterocycles. The Morgan fingerprint density at radius 2 is 1.92 bits per heavy atom. The first-order valence-corrected chi connectivity index (χ1v) is 10.0. The molecule has 126 valence electrons. The van der Waals surface area contributed by atoms with Crippen LogP contribution in [0.25, 0.3) is 21.8 Å². The third-order valence-electron chi connectivity index (χ3n) is 4.13. The normalized spacial score (nSPS) is 11.4. The van der Waals surface area contributed by atoms with E-state index in [1.54, 1.807) is 18.0 Å². The summed E-state index contributed by atoms with van der Waals surface area (Å²) in [6, 6.07) is 16.8. The number of anilines is 1. The number of aryl methyl sites for hydroxylation is 1. The fraction of sp³-hybridized carbons (Fsp3) is 0.158. The Bertz CT molecular complexity index is 1040. The lowest BCUT2D eigenvalue weighted by molar-refractivity contribution is 0.644. The second-order valence-electron chi connectivity index (χ2n) is 5.73. The van der Waals surface area contributed by atoms with Crippen LogP contribution in [-0.2, 0) is 6.54 Å². The zero-order valence-electron chi connectivity index (χ0n) is 13.5. The van der Waals surface area contributed by atoms with E-state index in [0.29, 0.717) is 5.82 Å². The van der Waals surface area contributed by atoms with Gasteiger partial charge in [-0.2, -0.15) is 0 Å². The van der Waals surface area contributed by atoms with E-state index in [1.165, 1.54) is 15.7 Å². The van der Waals surface area contributed by atoms with Gasteiger partial charge in [0.25, 0.3) is 0 Å².